The Bertz CT molecular complexity index is 705. The van der Waals surface area contributed by atoms with Gasteiger partial charge in [-0.15, -0.1) is 0 Å². The van der Waals surface area contributed by atoms with Crippen LogP contribution in [0.2, 0.25) is 0 Å². The van der Waals surface area contributed by atoms with Gasteiger partial charge < -0.3 is 4.74 Å². The number of halogens is 2. The molecule has 1 aromatic heterocycles. The molecule has 1 aromatic carbocycles. The Kier molecular flexibility index (Phi) is 10.6. The third-order valence-corrected chi connectivity index (χ3v) is 4.99. The molecule has 0 aliphatic heterocycles. The van der Waals surface area contributed by atoms with Crippen LogP contribution in [-0.2, 0) is 6.42 Å². The maximum atomic E-state index is 14.5. The first kappa shape index (κ1) is 23.2. The van der Waals surface area contributed by atoms with E-state index < -0.39 is 6.17 Å². The molecule has 1 heterocycles. The Labute approximate surface area is 173 Å². The molecule has 0 fully saturated rings. The van der Waals surface area contributed by atoms with Crippen LogP contribution in [0.4, 0.5) is 8.78 Å². The fourth-order valence-electron chi connectivity index (χ4n) is 3.25. The van der Waals surface area contributed by atoms with Gasteiger partial charge in [-0.05, 0) is 50.3 Å². The summed E-state index contributed by atoms with van der Waals surface area (Å²) in [6.45, 7) is 4.43. The lowest BCUT2D eigenvalue weighted by atomic mass is 10.0. The monoisotopic (exact) mass is 404 g/mol. The van der Waals surface area contributed by atoms with Crippen LogP contribution in [0.25, 0.3) is 11.4 Å². The first-order chi connectivity index (χ1) is 14.1. The Hall–Kier alpha value is -2.04. The van der Waals surface area contributed by atoms with Crippen LogP contribution in [0.3, 0.4) is 0 Å². The van der Waals surface area contributed by atoms with Gasteiger partial charge in [0.25, 0.3) is 0 Å². The van der Waals surface area contributed by atoms with Gasteiger partial charge in [-0.25, -0.2) is 18.7 Å². The molecule has 1 atom stereocenters. The van der Waals surface area contributed by atoms with Gasteiger partial charge >= 0.3 is 0 Å². The molecule has 2 aromatic rings. The maximum absolute atomic E-state index is 14.5. The molecule has 0 aliphatic rings. The average Bonchev–Trinajstić information content (AvgIpc) is 2.71. The molecular weight excluding hydrogens is 370 g/mol. The second-order valence-electron chi connectivity index (χ2n) is 7.70. The number of aromatic nitrogens is 2. The Morgan fingerprint density at radius 3 is 2.38 bits per heavy atom. The topological polar surface area (TPSA) is 35.0 Å². The van der Waals surface area contributed by atoms with E-state index >= 15 is 0 Å². The molecule has 160 valence electrons. The highest BCUT2D eigenvalue weighted by molar-refractivity contribution is 5.56. The zero-order chi connectivity index (χ0) is 20.9. The van der Waals surface area contributed by atoms with Gasteiger partial charge in [0.05, 0.1) is 30.7 Å². The van der Waals surface area contributed by atoms with Crippen molar-refractivity contribution < 1.29 is 13.5 Å². The summed E-state index contributed by atoms with van der Waals surface area (Å²) in [6, 6.07) is 5.14. The minimum Gasteiger partial charge on any atom is -0.490 e. The molecule has 0 saturated carbocycles. The van der Waals surface area contributed by atoms with E-state index in [-0.39, 0.29) is 5.82 Å². The van der Waals surface area contributed by atoms with E-state index in [1.165, 1.54) is 38.2 Å². The van der Waals surface area contributed by atoms with Crippen molar-refractivity contribution in [3.8, 4) is 17.1 Å². The largest absolute Gasteiger partial charge is 0.490 e. The Morgan fingerprint density at radius 1 is 0.966 bits per heavy atom. The molecule has 2 rings (SSSR count). The highest BCUT2D eigenvalue weighted by atomic mass is 19.1. The molecule has 0 aliphatic carbocycles. The van der Waals surface area contributed by atoms with Crippen molar-refractivity contribution in [1.29, 1.82) is 0 Å². The molecule has 0 N–H and O–H groups in total. The van der Waals surface area contributed by atoms with Gasteiger partial charge in [-0.2, -0.15) is 0 Å². The SMILES string of the molecule is CCCCCCCCOc1cnc(-c2ccc(CCCCC(C)F)cc2F)nc1. The first-order valence-corrected chi connectivity index (χ1v) is 11.0. The molecule has 0 radical (unpaired) electrons. The van der Waals surface area contributed by atoms with Crippen LogP contribution >= 0.6 is 0 Å². The van der Waals surface area contributed by atoms with Gasteiger partial charge in [0.2, 0.25) is 0 Å². The summed E-state index contributed by atoms with van der Waals surface area (Å²) in [6.07, 6.45) is 12.7. The fourth-order valence-corrected chi connectivity index (χ4v) is 3.25. The minimum absolute atomic E-state index is 0.331. The van der Waals surface area contributed by atoms with Crippen LogP contribution in [0, 0.1) is 5.82 Å². The number of nitrogens with zero attached hydrogens (tertiary/aromatic N) is 2. The number of ether oxygens (including phenoxy) is 1. The van der Waals surface area contributed by atoms with Crippen LogP contribution in [0.1, 0.15) is 77.2 Å². The zero-order valence-electron chi connectivity index (χ0n) is 17.8. The normalized spacial score (nSPS) is 12.1. The third-order valence-electron chi connectivity index (χ3n) is 4.99. The number of hydrogen-bond donors (Lipinski definition) is 0. The van der Waals surface area contributed by atoms with E-state index in [9.17, 15) is 8.78 Å². The molecule has 3 nitrogen and oxygen atoms in total. The van der Waals surface area contributed by atoms with Crippen LogP contribution in [0.15, 0.2) is 30.6 Å². The minimum atomic E-state index is -0.774. The van der Waals surface area contributed by atoms with E-state index in [0.29, 0.717) is 30.2 Å². The predicted octanol–water partition coefficient (Wildman–Crippen LogP) is 7.09. The molecule has 29 heavy (non-hydrogen) atoms. The van der Waals surface area contributed by atoms with Gasteiger partial charge in [0.15, 0.2) is 11.6 Å². The van der Waals surface area contributed by atoms with Crippen molar-refractivity contribution in [2.75, 3.05) is 6.61 Å². The number of rotatable bonds is 14. The van der Waals surface area contributed by atoms with Crippen LogP contribution in [-0.4, -0.2) is 22.7 Å². The predicted molar refractivity (Wildman–Crippen MR) is 114 cm³/mol. The van der Waals surface area contributed by atoms with Crippen molar-refractivity contribution in [1.82, 2.24) is 9.97 Å². The van der Waals surface area contributed by atoms with Gasteiger partial charge in [0, 0.05) is 0 Å². The first-order valence-electron chi connectivity index (χ1n) is 11.0. The van der Waals surface area contributed by atoms with E-state index in [4.69, 9.17) is 4.74 Å². The van der Waals surface area contributed by atoms with Crippen molar-refractivity contribution in [2.24, 2.45) is 0 Å². The van der Waals surface area contributed by atoms with Crippen molar-refractivity contribution in [2.45, 2.75) is 84.2 Å². The second kappa shape index (κ2) is 13.2. The number of unbranched alkanes of at least 4 members (excludes halogenated alkanes) is 6. The highest BCUT2D eigenvalue weighted by Crippen LogP contribution is 2.22. The summed E-state index contributed by atoms with van der Waals surface area (Å²) in [5.74, 6) is 0.635. The van der Waals surface area contributed by atoms with Gasteiger partial charge in [-0.1, -0.05) is 51.5 Å². The molecular formula is C24H34F2N2O. The molecule has 0 spiro atoms. The summed E-state index contributed by atoms with van der Waals surface area (Å²) in [4.78, 5) is 8.51. The number of hydrogen-bond acceptors (Lipinski definition) is 3. The molecule has 1 unspecified atom stereocenters. The van der Waals surface area contributed by atoms with Crippen molar-refractivity contribution >= 4 is 0 Å². The summed E-state index contributed by atoms with van der Waals surface area (Å²) < 4.78 is 33.0. The highest BCUT2D eigenvalue weighted by Gasteiger charge is 2.10. The summed E-state index contributed by atoms with van der Waals surface area (Å²) >= 11 is 0. The number of alkyl halides is 1. The Balaban J connectivity index is 1.79. The zero-order valence-corrected chi connectivity index (χ0v) is 17.8. The Morgan fingerprint density at radius 2 is 1.69 bits per heavy atom. The lowest BCUT2D eigenvalue weighted by Crippen LogP contribution is -2.00. The fraction of sp³-hybridized carbons (Fsp3) is 0.583. The standard InChI is InChI=1S/C24H34F2N2O/c1-3-4-5-6-7-10-15-29-21-17-27-24(28-18-21)22-14-13-20(16-23(22)26)12-9-8-11-19(2)25/h13-14,16-19H,3-12,15H2,1-2H3. The van der Waals surface area contributed by atoms with E-state index in [2.05, 4.69) is 16.9 Å². The molecule has 0 bridgehead atoms. The van der Waals surface area contributed by atoms with Gasteiger partial charge in [-0.3, -0.25) is 0 Å². The quantitative estimate of drug-likeness (QED) is 0.315. The van der Waals surface area contributed by atoms with Crippen molar-refractivity contribution in [3.63, 3.8) is 0 Å². The molecule has 0 amide bonds. The third kappa shape index (κ3) is 8.88. The summed E-state index contributed by atoms with van der Waals surface area (Å²) in [5.41, 5.74) is 1.30. The second-order valence-corrected chi connectivity index (χ2v) is 7.70. The maximum Gasteiger partial charge on any atom is 0.162 e. The summed E-state index contributed by atoms with van der Waals surface area (Å²) in [5, 5.41) is 0. The van der Waals surface area contributed by atoms with Crippen molar-refractivity contribution in [3.05, 3.63) is 42.0 Å². The molecule has 0 saturated heterocycles. The average molecular weight is 405 g/mol. The summed E-state index contributed by atoms with van der Waals surface area (Å²) in [7, 11) is 0. The van der Waals surface area contributed by atoms with Gasteiger partial charge in [0.1, 0.15) is 5.82 Å². The van der Waals surface area contributed by atoms with Crippen LogP contribution in [0.5, 0.6) is 5.75 Å². The lowest BCUT2D eigenvalue weighted by molar-refractivity contribution is 0.302. The smallest absolute Gasteiger partial charge is 0.162 e. The number of benzene rings is 1. The van der Waals surface area contributed by atoms with E-state index in [1.54, 1.807) is 25.4 Å². The van der Waals surface area contributed by atoms with E-state index in [0.717, 1.165) is 31.2 Å². The van der Waals surface area contributed by atoms with E-state index in [1.807, 2.05) is 6.07 Å². The molecule has 5 heteroatoms. The van der Waals surface area contributed by atoms with Crippen LogP contribution < -0.4 is 4.74 Å². The lowest BCUT2D eigenvalue weighted by Gasteiger charge is -2.08. The number of aryl methyl sites for hydroxylation is 1.